The summed E-state index contributed by atoms with van der Waals surface area (Å²) in [6.45, 7) is 4.66. The number of piperidine rings is 1. The van der Waals surface area contributed by atoms with Crippen molar-refractivity contribution in [2.75, 3.05) is 31.5 Å². The molecule has 0 unspecified atom stereocenters. The molecule has 1 saturated heterocycles. The number of terminal acetylenes is 1. The van der Waals surface area contributed by atoms with E-state index in [0.29, 0.717) is 6.42 Å². The summed E-state index contributed by atoms with van der Waals surface area (Å²) in [6.07, 6.45) is 16.6. The molecule has 1 fully saturated rings. The lowest BCUT2D eigenvalue weighted by atomic mass is 10.1. The van der Waals surface area contributed by atoms with E-state index >= 15 is 0 Å². The van der Waals surface area contributed by atoms with E-state index in [-0.39, 0.29) is 0 Å². The van der Waals surface area contributed by atoms with Crippen LogP contribution in [-0.2, 0) is 11.2 Å². The molecule has 4 heteroatoms. The molecule has 2 aromatic rings. The number of hydrogen-bond donors (Lipinski definition) is 1. The highest BCUT2D eigenvalue weighted by Gasteiger charge is 2.09. The van der Waals surface area contributed by atoms with Gasteiger partial charge < -0.3 is 15.0 Å². The molecule has 0 radical (unpaired) electrons. The first-order valence-electron chi connectivity index (χ1n) is 9.48. The van der Waals surface area contributed by atoms with E-state index < -0.39 is 0 Å². The first-order valence-corrected chi connectivity index (χ1v) is 9.48. The minimum absolute atomic E-state index is 0.689. The molecular formula is C22H27N3O. The number of nitrogens with one attached hydrogen (secondary N) is 1. The standard InChI is InChI=1S/C22H27N3O/c1-2-26-17-8-10-19-18-22(20-11-4-5-12-21(20)24-19)23-13-9-16-25-14-6-3-7-15-25/h1,4-5,8,11-12,17-18H,3,6-7,9-10,13-16H2,(H,23,24)/b17-8-. The SMILES string of the molecule is C#CO/C=C\Cc1cc(NCCCN2CCCCC2)c2ccccc2n1. The van der Waals surface area contributed by atoms with Gasteiger partial charge in [-0.3, -0.25) is 4.98 Å². The van der Waals surface area contributed by atoms with Crippen LogP contribution in [0.2, 0.25) is 0 Å². The van der Waals surface area contributed by atoms with Gasteiger partial charge in [0, 0.05) is 29.7 Å². The molecular weight excluding hydrogens is 322 g/mol. The van der Waals surface area contributed by atoms with Crippen LogP contribution in [-0.4, -0.2) is 36.1 Å². The fourth-order valence-corrected chi connectivity index (χ4v) is 3.45. The summed E-state index contributed by atoms with van der Waals surface area (Å²) in [5, 5.41) is 4.78. The van der Waals surface area contributed by atoms with Gasteiger partial charge in [0.25, 0.3) is 0 Å². The number of ether oxygens (including phenoxy) is 1. The van der Waals surface area contributed by atoms with Gasteiger partial charge in [-0.25, -0.2) is 0 Å². The molecule has 0 spiro atoms. The van der Waals surface area contributed by atoms with Gasteiger partial charge in [-0.1, -0.05) is 31.0 Å². The number of rotatable bonds is 8. The van der Waals surface area contributed by atoms with Crippen molar-refractivity contribution >= 4 is 16.6 Å². The van der Waals surface area contributed by atoms with Crippen LogP contribution in [0.4, 0.5) is 5.69 Å². The van der Waals surface area contributed by atoms with E-state index in [2.05, 4.69) is 40.6 Å². The number of anilines is 1. The van der Waals surface area contributed by atoms with Crippen LogP contribution >= 0.6 is 0 Å². The Balaban J connectivity index is 1.62. The number of hydrogen-bond acceptors (Lipinski definition) is 4. The van der Waals surface area contributed by atoms with Crippen LogP contribution in [0.15, 0.2) is 42.7 Å². The topological polar surface area (TPSA) is 37.4 Å². The van der Waals surface area contributed by atoms with Crippen molar-refractivity contribution < 1.29 is 4.74 Å². The number of fused-ring (bicyclic) bond motifs is 1. The zero-order valence-electron chi connectivity index (χ0n) is 15.3. The Labute approximate surface area is 156 Å². The maximum atomic E-state index is 5.08. The second-order valence-electron chi connectivity index (χ2n) is 6.67. The third-order valence-corrected chi connectivity index (χ3v) is 4.74. The molecule has 2 heterocycles. The van der Waals surface area contributed by atoms with Gasteiger partial charge >= 0.3 is 0 Å². The monoisotopic (exact) mass is 349 g/mol. The fourth-order valence-electron chi connectivity index (χ4n) is 3.45. The van der Waals surface area contributed by atoms with Gasteiger partial charge in [0.1, 0.15) is 12.4 Å². The maximum absolute atomic E-state index is 5.08. The van der Waals surface area contributed by atoms with E-state index in [1.165, 1.54) is 45.2 Å². The molecule has 4 nitrogen and oxygen atoms in total. The van der Waals surface area contributed by atoms with Crippen LogP contribution < -0.4 is 5.32 Å². The molecule has 1 aromatic carbocycles. The Bertz CT molecular complexity index is 773. The summed E-state index contributed by atoms with van der Waals surface area (Å²) in [6, 6.07) is 10.4. The number of allylic oxidation sites excluding steroid dienone is 1. The predicted molar refractivity (Wildman–Crippen MR) is 108 cm³/mol. The second kappa shape index (κ2) is 9.84. The molecule has 0 atom stereocenters. The van der Waals surface area contributed by atoms with Gasteiger partial charge in [0.05, 0.1) is 5.52 Å². The quantitative estimate of drug-likeness (QED) is 0.441. The molecule has 0 bridgehead atoms. The lowest BCUT2D eigenvalue weighted by molar-refractivity contribution is 0.228. The third kappa shape index (κ3) is 5.24. The molecule has 136 valence electrons. The van der Waals surface area contributed by atoms with Crippen molar-refractivity contribution in [2.45, 2.75) is 32.1 Å². The van der Waals surface area contributed by atoms with Crippen molar-refractivity contribution in [1.29, 1.82) is 0 Å². The van der Waals surface area contributed by atoms with E-state index in [1.54, 1.807) is 0 Å². The normalized spacial score (nSPS) is 15.2. The van der Waals surface area contributed by atoms with Gasteiger partial charge in [-0.2, -0.15) is 0 Å². The van der Waals surface area contributed by atoms with Crippen LogP contribution in [0.5, 0.6) is 0 Å². The van der Waals surface area contributed by atoms with E-state index in [4.69, 9.17) is 16.1 Å². The van der Waals surface area contributed by atoms with Crippen LogP contribution in [0.25, 0.3) is 10.9 Å². The zero-order chi connectivity index (χ0) is 18.0. The average Bonchev–Trinajstić information content (AvgIpc) is 2.69. The summed E-state index contributed by atoms with van der Waals surface area (Å²) in [7, 11) is 0. The number of para-hydroxylation sites is 1. The Hall–Kier alpha value is -2.51. The van der Waals surface area contributed by atoms with Crippen molar-refractivity contribution in [3.8, 4) is 12.5 Å². The lowest BCUT2D eigenvalue weighted by Gasteiger charge is -2.26. The zero-order valence-corrected chi connectivity index (χ0v) is 15.3. The van der Waals surface area contributed by atoms with Gasteiger partial charge in [0.2, 0.25) is 0 Å². The van der Waals surface area contributed by atoms with E-state index in [9.17, 15) is 0 Å². The summed E-state index contributed by atoms with van der Waals surface area (Å²) >= 11 is 0. The Morgan fingerprint density at radius 3 is 2.92 bits per heavy atom. The number of benzene rings is 1. The Morgan fingerprint density at radius 1 is 1.23 bits per heavy atom. The maximum Gasteiger partial charge on any atom is 0.112 e. The van der Waals surface area contributed by atoms with Crippen molar-refractivity contribution in [2.24, 2.45) is 0 Å². The van der Waals surface area contributed by atoms with Gasteiger partial charge in [0.15, 0.2) is 0 Å². The molecule has 1 aromatic heterocycles. The molecule has 0 aliphatic carbocycles. The van der Waals surface area contributed by atoms with Gasteiger partial charge in [-0.05, 0) is 57.1 Å². The number of pyridine rings is 1. The van der Waals surface area contributed by atoms with Crippen molar-refractivity contribution in [1.82, 2.24) is 9.88 Å². The Kier molecular flexibility index (Phi) is 6.92. The number of nitrogens with zero attached hydrogens (tertiary/aromatic N) is 2. The average molecular weight is 349 g/mol. The smallest absolute Gasteiger partial charge is 0.112 e. The van der Waals surface area contributed by atoms with E-state index in [1.807, 2.05) is 12.1 Å². The van der Waals surface area contributed by atoms with Crippen molar-refractivity contribution in [3.05, 3.63) is 48.4 Å². The highest BCUT2D eigenvalue weighted by molar-refractivity contribution is 5.91. The minimum atomic E-state index is 0.689. The summed E-state index contributed by atoms with van der Waals surface area (Å²) < 4.78 is 4.81. The lowest BCUT2D eigenvalue weighted by Crippen LogP contribution is -2.31. The second-order valence-corrected chi connectivity index (χ2v) is 6.67. The molecule has 0 saturated carbocycles. The largest absolute Gasteiger partial charge is 0.416 e. The summed E-state index contributed by atoms with van der Waals surface area (Å²) in [5.41, 5.74) is 3.16. The van der Waals surface area contributed by atoms with E-state index in [0.717, 1.165) is 35.2 Å². The molecule has 3 rings (SSSR count). The van der Waals surface area contributed by atoms with Gasteiger partial charge in [-0.15, -0.1) is 0 Å². The summed E-state index contributed by atoms with van der Waals surface area (Å²) in [5.74, 6) is 0. The van der Waals surface area contributed by atoms with Crippen LogP contribution in [0.3, 0.4) is 0 Å². The molecule has 1 N–H and O–H groups in total. The molecule has 1 aliphatic heterocycles. The predicted octanol–water partition coefficient (Wildman–Crippen LogP) is 4.19. The Morgan fingerprint density at radius 2 is 2.08 bits per heavy atom. The molecule has 0 amide bonds. The third-order valence-electron chi connectivity index (χ3n) is 4.74. The molecule has 26 heavy (non-hydrogen) atoms. The highest BCUT2D eigenvalue weighted by atomic mass is 16.5. The number of likely N-dealkylation sites (tertiary alicyclic amines) is 1. The van der Waals surface area contributed by atoms with Crippen LogP contribution in [0.1, 0.15) is 31.4 Å². The van der Waals surface area contributed by atoms with Crippen LogP contribution in [0, 0.1) is 12.5 Å². The molecule has 1 aliphatic rings. The fraction of sp³-hybridized carbons (Fsp3) is 0.409. The number of aromatic nitrogens is 1. The first kappa shape index (κ1) is 18.3. The highest BCUT2D eigenvalue weighted by Crippen LogP contribution is 2.23. The van der Waals surface area contributed by atoms with Crippen molar-refractivity contribution in [3.63, 3.8) is 0 Å². The summed E-state index contributed by atoms with van der Waals surface area (Å²) in [4.78, 5) is 7.31. The minimum Gasteiger partial charge on any atom is -0.416 e. The first-order chi connectivity index (χ1) is 12.9.